The Kier molecular flexibility index (Phi) is 4.83. The number of aromatic nitrogens is 3. The molecule has 1 atom stereocenters. The minimum Gasteiger partial charge on any atom is -0.338 e. The van der Waals surface area contributed by atoms with Gasteiger partial charge in [-0.2, -0.15) is 0 Å². The van der Waals surface area contributed by atoms with Crippen LogP contribution in [-0.2, 0) is 6.54 Å². The zero-order chi connectivity index (χ0) is 19.0. The van der Waals surface area contributed by atoms with Gasteiger partial charge in [0.2, 0.25) is 0 Å². The molecule has 0 spiro atoms. The molecule has 7 heteroatoms. The summed E-state index contributed by atoms with van der Waals surface area (Å²) < 4.78 is 15.5. The molecule has 3 aromatic rings. The highest BCUT2D eigenvalue weighted by atomic mass is 35.5. The van der Waals surface area contributed by atoms with Crippen molar-refractivity contribution in [1.29, 1.82) is 0 Å². The highest BCUT2D eigenvalue weighted by Gasteiger charge is 2.31. The number of carbonyl (C=O) groups is 1. The molecule has 1 aliphatic heterocycles. The number of fused-ring (bicyclic) bond motifs is 1. The quantitative estimate of drug-likeness (QED) is 0.673. The first-order valence-corrected chi connectivity index (χ1v) is 9.51. The summed E-state index contributed by atoms with van der Waals surface area (Å²) in [7, 11) is 0. The predicted molar refractivity (Wildman–Crippen MR) is 102 cm³/mol. The summed E-state index contributed by atoms with van der Waals surface area (Å²) >= 11 is 5.82. The van der Waals surface area contributed by atoms with Crippen molar-refractivity contribution in [3.05, 3.63) is 58.8 Å². The molecule has 140 valence electrons. The van der Waals surface area contributed by atoms with Crippen LogP contribution in [0.2, 0.25) is 5.02 Å². The third-order valence-electron chi connectivity index (χ3n) is 4.99. The predicted octanol–water partition coefficient (Wildman–Crippen LogP) is 4.26. The molecule has 3 heterocycles. The van der Waals surface area contributed by atoms with E-state index >= 15 is 0 Å². The Bertz CT molecular complexity index is 1000. The van der Waals surface area contributed by atoms with Crippen LogP contribution in [0.5, 0.6) is 0 Å². The number of rotatable bonds is 4. The minimum atomic E-state index is -0.520. The summed E-state index contributed by atoms with van der Waals surface area (Å²) in [6.07, 6.45) is 3.61. The number of hydrogen-bond donors (Lipinski definition) is 0. The summed E-state index contributed by atoms with van der Waals surface area (Å²) in [6, 6.07) is 7.96. The van der Waals surface area contributed by atoms with E-state index in [1.165, 1.54) is 18.2 Å². The van der Waals surface area contributed by atoms with Crippen LogP contribution in [-0.4, -0.2) is 38.4 Å². The normalized spacial score (nSPS) is 17.0. The SMILES string of the molecule is CCCn1c([C@@H]2CCN(C(=O)c3ccc(F)c(Cl)c3)C2)nc2cccnc21. The number of carbonyl (C=O) groups excluding carboxylic acids is 1. The lowest BCUT2D eigenvalue weighted by Crippen LogP contribution is -2.28. The molecule has 5 nitrogen and oxygen atoms in total. The van der Waals surface area contributed by atoms with Crippen molar-refractivity contribution in [2.45, 2.75) is 32.2 Å². The summed E-state index contributed by atoms with van der Waals surface area (Å²) in [5, 5.41) is -0.0348. The standard InChI is InChI=1S/C20H20ClFN4O/c1-2-9-26-18(24-17-4-3-8-23-19(17)26)14-7-10-25(12-14)20(27)13-5-6-16(22)15(21)11-13/h3-6,8,11,14H,2,7,9-10,12H2,1H3/t14-/m1/s1. The molecule has 0 radical (unpaired) electrons. The van der Waals surface area contributed by atoms with Gasteiger partial charge < -0.3 is 9.47 Å². The number of amides is 1. The first kappa shape index (κ1) is 17.9. The highest BCUT2D eigenvalue weighted by Crippen LogP contribution is 2.30. The number of pyridine rings is 1. The molecular formula is C20H20ClFN4O. The molecule has 1 fully saturated rings. The van der Waals surface area contributed by atoms with Crippen LogP contribution in [0.15, 0.2) is 36.5 Å². The zero-order valence-corrected chi connectivity index (χ0v) is 15.8. The van der Waals surface area contributed by atoms with Crippen molar-refractivity contribution in [3.8, 4) is 0 Å². The smallest absolute Gasteiger partial charge is 0.253 e. The third-order valence-corrected chi connectivity index (χ3v) is 5.28. The van der Waals surface area contributed by atoms with Crippen molar-refractivity contribution in [2.24, 2.45) is 0 Å². The van der Waals surface area contributed by atoms with Gasteiger partial charge in [0.05, 0.1) is 5.02 Å². The van der Waals surface area contributed by atoms with Crippen molar-refractivity contribution >= 4 is 28.7 Å². The van der Waals surface area contributed by atoms with Crippen LogP contribution in [0.1, 0.15) is 41.9 Å². The number of halogens is 2. The van der Waals surface area contributed by atoms with E-state index in [4.69, 9.17) is 16.6 Å². The lowest BCUT2D eigenvalue weighted by molar-refractivity contribution is 0.0790. The lowest BCUT2D eigenvalue weighted by atomic mass is 10.1. The van der Waals surface area contributed by atoms with Crippen molar-refractivity contribution in [3.63, 3.8) is 0 Å². The fraction of sp³-hybridized carbons (Fsp3) is 0.350. The van der Waals surface area contributed by atoms with Crippen molar-refractivity contribution < 1.29 is 9.18 Å². The Morgan fingerprint density at radius 2 is 2.22 bits per heavy atom. The van der Waals surface area contributed by atoms with Gasteiger partial charge in [-0.05, 0) is 43.2 Å². The van der Waals surface area contributed by atoms with E-state index in [0.717, 1.165) is 36.4 Å². The highest BCUT2D eigenvalue weighted by molar-refractivity contribution is 6.31. The van der Waals surface area contributed by atoms with Crippen LogP contribution in [0.25, 0.3) is 11.2 Å². The van der Waals surface area contributed by atoms with Crippen molar-refractivity contribution in [2.75, 3.05) is 13.1 Å². The molecule has 1 amide bonds. The number of benzene rings is 1. The van der Waals surface area contributed by atoms with Crippen LogP contribution in [0.4, 0.5) is 4.39 Å². The second kappa shape index (κ2) is 7.27. The average molecular weight is 387 g/mol. The van der Waals surface area contributed by atoms with Crippen LogP contribution < -0.4 is 0 Å². The summed E-state index contributed by atoms with van der Waals surface area (Å²) in [5.74, 6) is 0.493. The van der Waals surface area contributed by atoms with E-state index in [1.807, 2.05) is 12.1 Å². The molecule has 1 aliphatic rings. The first-order valence-electron chi connectivity index (χ1n) is 9.14. The average Bonchev–Trinajstić information content (AvgIpc) is 3.29. The van der Waals surface area contributed by atoms with E-state index in [-0.39, 0.29) is 16.8 Å². The van der Waals surface area contributed by atoms with Gasteiger partial charge in [0.1, 0.15) is 17.2 Å². The maximum Gasteiger partial charge on any atom is 0.253 e. The fourth-order valence-corrected chi connectivity index (χ4v) is 3.88. The molecule has 0 aliphatic carbocycles. The van der Waals surface area contributed by atoms with E-state index in [2.05, 4.69) is 16.5 Å². The molecule has 0 saturated carbocycles. The molecular weight excluding hydrogens is 367 g/mol. The number of imidazole rings is 1. The van der Waals surface area contributed by atoms with Gasteiger partial charge in [-0.25, -0.2) is 14.4 Å². The van der Waals surface area contributed by atoms with Gasteiger partial charge in [0.15, 0.2) is 5.65 Å². The van der Waals surface area contributed by atoms with Gasteiger partial charge in [-0.15, -0.1) is 0 Å². The Hall–Kier alpha value is -2.47. The Morgan fingerprint density at radius 3 is 3.00 bits per heavy atom. The fourth-order valence-electron chi connectivity index (χ4n) is 3.70. The molecule has 2 aromatic heterocycles. The number of likely N-dealkylation sites (tertiary alicyclic amines) is 1. The second-order valence-electron chi connectivity index (χ2n) is 6.83. The molecule has 1 saturated heterocycles. The molecule has 0 unspecified atom stereocenters. The monoisotopic (exact) mass is 386 g/mol. The van der Waals surface area contributed by atoms with Gasteiger partial charge in [0, 0.05) is 37.3 Å². The van der Waals surface area contributed by atoms with Crippen LogP contribution in [0, 0.1) is 5.82 Å². The minimum absolute atomic E-state index is 0.0348. The van der Waals surface area contributed by atoms with Gasteiger partial charge in [-0.3, -0.25) is 4.79 Å². The number of aryl methyl sites for hydroxylation is 1. The van der Waals surface area contributed by atoms with Crippen LogP contribution in [0.3, 0.4) is 0 Å². The zero-order valence-electron chi connectivity index (χ0n) is 15.0. The van der Waals surface area contributed by atoms with Gasteiger partial charge in [0.25, 0.3) is 5.91 Å². The lowest BCUT2D eigenvalue weighted by Gasteiger charge is -2.17. The first-order chi connectivity index (χ1) is 13.1. The summed E-state index contributed by atoms with van der Waals surface area (Å²) in [6.45, 7) is 4.20. The molecule has 0 bridgehead atoms. The molecule has 1 aromatic carbocycles. The third kappa shape index (κ3) is 3.30. The maximum atomic E-state index is 13.4. The molecule has 0 N–H and O–H groups in total. The van der Waals surface area contributed by atoms with Gasteiger partial charge in [-0.1, -0.05) is 18.5 Å². The van der Waals surface area contributed by atoms with Crippen molar-refractivity contribution in [1.82, 2.24) is 19.4 Å². The van der Waals surface area contributed by atoms with Crippen LogP contribution >= 0.6 is 11.6 Å². The largest absolute Gasteiger partial charge is 0.338 e. The summed E-state index contributed by atoms with van der Waals surface area (Å²) in [4.78, 5) is 23.8. The van der Waals surface area contributed by atoms with E-state index < -0.39 is 5.82 Å². The van der Waals surface area contributed by atoms with E-state index in [1.54, 1.807) is 11.1 Å². The Morgan fingerprint density at radius 1 is 1.37 bits per heavy atom. The Balaban J connectivity index is 1.59. The summed E-state index contributed by atoms with van der Waals surface area (Å²) in [5.41, 5.74) is 2.19. The second-order valence-corrected chi connectivity index (χ2v) is 7.24. The van der Waals surface area contributed by atoms with E-state index in [0.29, 0.717) is 18.7 Å². The number of hydrogen-bond acceptors (Lipinski definition) is 3. The Labute approximate surface area is 161 Å². The van der Waals surface area contributed by atoms with E-state index in [9.17, 15) is 9.18 Å². The maximum absolute atomic E-state index is 13.4. The van der Waals surface area contributed by atoms with Gasteiger partial charge >= 0.3 is 0 Å². The topological polar surface area (TPSA) is 51.0 Å². The molecule has 4 rings (SSSR count). The molecule has 27 heavy (non-hydrogen) atoms. The number of nitrogens with zero attached hydrogens (tertiary/aromatic N) is 4.